The average Bonchev–Trinajstić information content (AvgIpc) is 2.77. The van der Waals surface area contributed by atoms with Gasteiger partial charge in [-0.2, -0.15) is 9.29 Å². The van der Waals surface area contributed by atoms with Crippen LogP contribution in [0.1, 0.15) is 16.7 Å². The number of morpholine rings is 1. The first-order valence-electron chi connectivity index (χ1n) is 10.3. The van der Waals surface area contributed by atoms with Crippen LogP contribution in [0.3, 0.4) is 0 Å². The molecule has 0 amide bonds. The van der Waals surface area contributed by atoms with Crippen LogP contribution in [0, 0.1) is 20.8 Å². The van der Waals surface area contributed by atoms with Gasteiger partial charge < -0.3 is 14.5 Å². The lowest BCUT2D eigenvalue weighted by Crippen LogP contribution is -2.49. The van der Waals surface area contributed by atoms with Crippen molar-refractivity contribution in [1.82, 2.24) is 14.3 Å². The third-order valence-corrected chi connectivity index (χ3v) is 7.93. The molecule has 4 rings (SSSR count). The van der Waals surface area contributed by atoms with E-state index in [0.717, 1.165) is 35.6 Å². The van der Waals surface area contributed by atoms with Gasteiger partial charge in [0.15, 0.2) is 0 Å². The van der Waals surface area contributed by atoms with E-state index in [1.54, 1.807) is 16.6 Å². The maximum atomic E-state index is 13.2. The zero-order chi connectivity index (χ0) is 21.3. The first-order chi connectivity index (χ1) is 14.4. The summed E-state index contributed by atoms with van der Waals surface area (Å²) in [6.45, 7) is 10.8. The Morgan fingerprint density at radius 3 is 2.23 bits per heavy atom. The molecule has 8 nitrogen and oxygen atoms in total. The predicted molar refractivity (Wildman–Crippen MR) is 117 cm³/mol. The van der Waals surface area contributed by atoms with Gasteiger partial charge in [0.2, 0.25) is 16.0 Å². The van der Waals surface area contributed by atoms with Gasteiger partial charge in [-0.3, -0.25) is 0 Å². The van der Waals surface area contributed by atoms with Crippen molar-refractivity contribution >= 4 is 21.8 Å². The van der Waals surface area contributed by atoms with Crippen molar-refractivity contribution < 1.29 is 13.2 Å². The third-order valence-electron chi connectivity index (χ3n) is 5.89. The van der Waals surface area contributed by atoms with Crippen molar-refractivity contribution in [2.24, 2.45) is 0 Å². The maximum Gasteiger partial charge on any atom is 0.243 e. The molecule has 0 spiro atoms. The molecule has 3 heterocycles. The van der Waals surface area contributed by atoms with Gasteiger partial charge in [0.05, 0.1) is 18.1 Å². The van der Waals surface area contributed by atoms with E-state index < -0.39 is 10.0 Å². The van der Waals surface area contributed by atoms with Gasteiger partial charge >= 0.3 is 0 Å². The van der Waals surface area contributed by atoms with E-state index >= 15 is 0 Å². The van der Waals surface area contributed by atoms with Crippen LogP contribution in [-0.2, 0) is 14.8 Å². The molecule has 0 atom stereocenters. The molecule has 0 unspecified atom stereocenters. The molecule has 0 bridgehead atoms. The van der Waals surface area contributed by atoms with Crippen LogP contribution in [0.2, 0.25) is 0 Å². The van der Waals surface area contributed by atoms with Gasteiger partial charge in [-0.1, -0.05) is 6.07 Å². The smallest absolute Gasteiger partial charge is 0.243 e. The van der Waals surface area contributed by atoms with E-state index in [-0.39, 0.29) is 0 Å². The van der Waals surface area contributed by atoms with Crippen LogP contribution in [0.15, 0.2) is 29.3 Å². The molecular formula is C21H29N5O3S. The number of sulfonamides is 1. The van der Waals surface area contributed by atoms with Crippen LogP contribution >= 0.6 is 0 Å². The summed E-state index contributed by atoms with van der Waals surface area (Å²) < 4.78 is 33.5. The summed E-state index contributed by atoms with van der Waals surface area (Å²) >= 11 is 0. The molecule has 2 fully saturated rings. The predicted octanol–water partition coefficient (Wildman–Crippen LogP) is 1.75. The Labute approximate surface area is 178 Å². The van der Waals surface area contributed by atoms with E-state index in [1.165, 1.54) is 0 Å². The van der Waals surface area contributed by atoms with E-state index in [0.29, 0.717) is 50.2 Å². The second-order valence-corrected chi connectivity index (χ2v) is 9.81. The lowest BCUT2D eigenvalue weighted by atomic mass is 10.1. The van der Waals surface area contributed by atoms with Crippen molar-refractivity contribution in [3.8, 4) is 0 Å². The normalized spacial score (nSPS) is 18.6. The summed E-state index contributed by atoms with van der Waals surface area (Å²) in [5, 5.41) is 0. The fraction of sp³-hybridized carbons (Fsp3) is 0.524. The summed E-state index contributed by atoms with van der Waals surface area (Å²) in [4.78, 5) is 13.8. The van der Waals surface area contributed by atoms with E-state index in [2.05, 4.69) is 14.8 Å². The topological polar surface area (TPSA) is 78.9 Å². The highest BCUT2D eigenvalue weighted by atomic mass is 32.2. The van der Waals surface area contributed by atoms with Gasteiger partial charge in [0, 0.05) is 45.5 Å². The van der Waals surface area contributed by atoms with Crippen molar-refractivity contribution in [2.45, 2.75) is 25.7 Å². The number of aryl methyl sites for hydroxylation is 3. The highest BCUT2D eigenvalue weighted by Gasteiger charge is 2.30. The molecule has 2 aliphatic rings. The molecule has 2 saturated heterocycles. The number of benzene rings is 1. The fourth-order valence-electron chi connectivity index (χ4n) is 3.94. The molecule has 9 heteroatoms. The zero-order valence-electron chi connectivity index (χ0n) is 17.8. The second kappa shape index (κ2) is 8.49. The minimum Gasteiger partial charge on any atom is -0.378 e. The Morgan fingerprint density at radius 1 is 0.867 bits per heavy atom. The Kier molecular flexibility index (Phi) is 5.95. The van der Waals surface area contributed by atoms with Crippen LogP contribution in [-0.4, -0.2) is 75.2 Å². The Bertz CT molecular complexity index is 1010. The minimum absolute atomic E-state index is 0.413. The molecule has 2 aliphatic heterocycles. The molecule has 2 aromatic rings. The number of nitrogens with zero attached hydrogens (tertiary/aromatic N) is 5. The standard InChI is InChI=1S/C21H29N5O3S/c1-16-14-18(3)19(15-17(16)2)30(27,28)26-8-6-24(7-9-26)20-4-5-22-21(23-20)25-10-12-29-13-11-25/h4-5,14-15H,6-13H2,1-3H3. The molecule has 0 N–H and O–H groups in total. The summed E-state index contributed by atoms with van der Waals surface area (Å²) in [5.41, 5.74) is 2.90. The van der Waals surface area contributed by atoms with Gasteiger partial charge in [-0.05, 0) is 49.6 Å². The molecule has 1 aromatic carbocycles. The first-order valence-corrected chi connectivity index (χ1v) is 11.8. The van der Waals surface area contributed by atoms with Gasteiger partial charge in [-0.25, -0.2) is 13.4 Å². The van der Waals surface area contributed by atoms with Crippen LogP contribution < -0.4 is 9.80 Å². The van der Waals surface area contributed by atoms with Gasteiger partial charge in [0.1, 0.15) is 5.82 Å². The number of rotatable bonds is 4. The molecule has 0 radical (unpaired) electrons. The summed E-state index contributed by atoms with van der Waals surface area (Å²) in [7, 11) is -3.51. The first kappa shape index (κ1) is 21.0. The van der Waals surface area contributed by atoms with E-state index in [1.807, 2.05) is 32.9 Å². The highest BCUT2D eigenvalue weighted by Crippen LogP contribution is 2.25. The summed E-state index contributed by atoms with van der Waals surface area (Å²) in [6.07, 6.45) is 1.77. The van der Waals surface area contributed by atoms with E-state index in [9.17, 15) is 8.42 Å². The van der Waals surface area contributed by atoms with Crippen LogP contribution in [0.5, 0.6) is 0 Å². The molecule has 1 aromatic heterocycles. The van der Waals surface area contributed by atoms with Crippen LogP contribution in [0.4, 0.5) is 11.8 Å². The molecular weight excluding hydrogens is 402 g/mol. The van der Waals surface area contributed by atoms with Crippen molar-refractivity contribution in [3.63, 3.8) is 0 Å². The number of anilines is 2. The summed E-state index contributed by atoms with van der Waals surface area (Å²) in [6, 6.07) is 5.64. The monoisotopic (exact) mass is 431 g/mol. The Balaban J connectivity index is 1.47. The molecule has 30 heavy (non-hydrogen) atoms. The minimum atomic E-state index is -3.51. The van der Waals surface area contributed by atoms with Gasteiger partial charge in [-0.15, -0.1) is 0 Å². The zero-order valence-corrected chi connectivity index (χ0v) is 18.7. The Hall–Kier alpha value is -2.23. The number of aromatic nitrogens is 2. The SMILES string of the molecule is Cc1cc(C)c(S(=O)(=O)N2CCN(c3ccnc(N4CCOCC4)n3)CC2)cc1C. The fourth-order valence-corrected chi connectivity index (χ4v) is 5.65. The number of hydrogen-bond donors (Lipinski definition) is 0. The lowest BCUT2D eigenvalue weighted by molar-refractivity contribution is 0.122. The Morgan fingerprint density at radius 2 is 1.53 bits per heavy atom. The largest absolute Gasteiger partial charge is 0.378 e. The van der Waals surface area contributed by atoms with Crippen molar-refractivity contribution in [3.05, 3.63) is 41.1 Å². The quantitative estimate of drug-likeness (QED) is 0.730. The third kappa shape index (κ3) is 4.14. The van der Waals surface area contributed by atoms with Gasteiger partial charge in [0.25, 0.3) is 0 Å². The maximum absolute atomic E-state index is 13.2. The molecule has 0 saturated carbocycles. The number of ether oxygens (including phenoxy) is 1. The summed E-state index contributed by atoms with van der Waals surface area (Å²) in [5.74, 6) is 1.54. The van der Waals surface area contributed by atoms with Crippen molar-refractivity contribution in [2.75, 3.05) is 62.3 Å². The lowest BCUT2D eigenvalue weighted by Gasteiger charge is -2.35. The molecule has 0 aliphatic carbocycles. The number of piperazine rings is 1. The van der Waals surface area contributed by atoms with E-state index in [4.69, 9.17) is 9.72 Å². The van der Waals surface area contributed by atoms with Crippen LogP contribution in [0.25, 0.3) is 0 Å². The second-order valence-electron chi connectivity index (χ2n) is 7.91. The number of hydrogen-bond acceptors (Lipinski definition) is 7. The highest BCUT2D eigenvalue weighted by molar-refractivity contribution is 7.89. The van der Waals surface area contributed by atoms with Crippen molar-refractivity contribution in [1.29, 1.82) is 0 Å². The molecule has 162 valence electrons. The average molecular weight is 432 g/mol.